The lowest BCUT2D eigenvalue weighted by molar-refractivity contribution is -0.115. The van der Waals surface area contributed by atoms with Crippen molar-refractivity contribution < 1.29 is 27.1 Å². The Morgan fingerprint density at radius 2 is 1.85 bits per heavy atom. The van der Waals surface area contributed by atoms with E-state index in [-0.39, 0.29) is 10.5 Å². The molecule has 0 aliphatic heterocycles. The number of aryl methyl sites for hydroxylation is 1. The SMILES string of the molecule is COc1ccc(NC(=O)CNS(=O)(=O)c2ccc(F)c(C)c2)c(OC)c1. The van der Waals surface area contributed by atoms with Crippen molar-refractivity contribution in [3.63, 3.8) is 0 Å². The molecule has 0 atom stereocenters. The van der Waals surface area contributed by atoms with Crippen LogP contribution in [0.2, 0.25) is 0 Å². The topological polar surface area (TPSA) is 93.7 Å². The predicted octanol–water partition coefficient (Wildman–Crippen LogP) is 2.07. The van der Waals surface area contributed by atoms with Crippen LogP contribution in [0.15, 0.2) is 41.3 Å². The molecular formula is C17H19FN2O5S. The molecule has 140 valence electrons. The lowest BCUT2D eigenvalue weighted by Crippen LogP contribution is -2.33. The normalized spacial score (nSPS) is 11.1. The molecule has 0 fully saturated rings. The summed E-state index contributed by atoms with van der Waals surface area (Å²) in [5, 5.41) is 2.55. The Balaban J connectivity index is 2.05. The third-order valence-corrected chi connectivity index (χ3v) is 4.94. The smallest absolute Gasteiger partial charge is 0.241 e. The van der Waals surface area contributed by atoms with Crippen LogP contribution in [0.25, 0.3) is 0 Å². The van der Waals surface area contributed by atoms with Crippen LogP contribution in [-0.2, 0) is 14.8 Å². The van der Waals surface area contributed by atoms with E-state index >= 15 is 0 Å². The average molecular weight is 382 g/mol. The van der Waals surface area contributed by atoms with Crippen LogP contribution in [0.5, 0.6) is 11.5 Å². The van der Waals surface area contributed by atoms with Gasteiger partial charge in [-0.25, -0.2) is 17.5 Å². The summed E-state index contributed by atoms with van der Waals surface area (Å²) in [6.07, 6.45) is 0. The van der Waals surface area contributed by atoms with Gasteiger partial charge in [-0.15, -0.1) is 0 Å². The number of anilines is 1. The van der Waals surface area contributed by atoms with Gasteiger partial charge in [0, 0.05) is 6.07 Å². The number of benzene rings is 2. The number of nitrogens with one attached hydrogen (secondary N) is 2. The lowest BCUT2D eigenvalue weighted by Gasteiger charge is -2.12. The second kappa shape index (κ2) is 8.15. The third-order valence-electron chi connectivity index (χ3n) is 3.55. The Morgan fingerprint density at radius 1 is 1.12 bits per heavy atom. The number of sulfonamides is 1. The molecule has 0 aromatic heterocycles. The van der Waals surface area contributed by atoms with E-state index in [4.69, 9.17) is 9.47 Å². The molecule has 0 saturated carbocycles. The molecule has 2 N–H and O–H groups in total. The van der Waals surface area contributed by atoms with Crippen LogP contribution in [-0.4, -0.2) is 35.1 Å². The van der Waals surface area contributed by atoms with E-state index in [1.165, 1.54) is 27.2 Å². The standard InChI is InChI=1S/C17H19FN2O5S/c1-11-8-13(5-6-14(11)18)26(22,23)19-10-17(21)20-15-7-4-12(24-2)9-16(15)25-3/h4-9,19H,10H2,1-3H3,(H,20,21). The van der Waals surface area contributed by atoms with E-state index in [1.54, 1.807) is 18.2 Å². The highest BCUT2D eigenvalue weighted by molar-refractivity contribution is 7.89. The van der Waals surface area contributed by atoms with Crippen LogP contribution >= 0.6 is 0 Å². The molecule has 0 heterocycles. The van der Waals surface area contributed by atoms with Crippen molar-refractivity contribution in [1.82, 2.24) is 4.72 Å². The lowest BCUT2D eigenvalue weighted by atomic mass is 10.2. The fourth-order valence-corrected chi connectivity index (χ4v) is 3.19. The Hall–Kier alpha value is -2.65. The predicted molar refractivity (Wildman–Crippen MR) is 94.5 cm³/mol. The average Bonchev–Trinajstić information content (AvgIpc) is 2.62. The van der Waals surface area contributed by atoms with Crippen molar-refractivity contribution in [2.75, 3.05) is 26.1 Å². The molecular weight excluding hydrogens is 363 g/mol. The number of halogens is 1. The molecule has 0 radical (unpaired) electrons. The van der Waals surface area contributed by atoms with Gasteiger partial charge in [-0.2, -0.15) is 0 Å². The third kappa shape index (κ3) is 4.70. The molecule has 9 heteroatoms. The van der Waals surface area contributed by atoms with Crippen molar-refractivity contribution in [3.8, 4) is 11.5 Å². The maximum atomic E-state index is 13.3. The summed E-state index contributed by atoms with van der Waals surface area (Å²) in [5.74, 6) is -0.175. The van der Waals surface area contributed by atoms with E-state index in [1.807, 2.05) is 0 Å². The number of carbonyl (C=O) groups is 1. The van der Waals surface area contributed by atoms with Crippen LogP contribution in [0.3, 0.4) is 0 Å². The Bertz CT molecular complexity index is 915. The highest BCUT2D eigenvalue weighted by Crippen LogP contribution is 2.28. The zero-order chi connectivity index (χ0) is 19.3. The van der Waals surface area contributed by atoms with E-state index in [0.29, 0.717) is 17.2 Å². The number of ether oxygens (including phenoxy) is 2. The Kier molecular flexibility index (Phi) is 6.17. The van der Waals surface area contributed by atoms with Crippen molar-refractivity contribution in [2.24, 2.45) is 0 Å². The van der Waals surface area contributed by atoms with Crippen molar-refractivity contribution in [3.05, 3.63) is 47.8 Å². The first-order valence-electron chi connectivity index (χ1n) is 7.54. The number of hydrogen-bond acceptors (Lipinski definition) is 5. The first-order chi connectivity index (χ1) is 12.3. The first kappa shape index (κ1) is 19.7. The molecule has 1 amide bonds. The molecule has 0 spiro atoms. The van der Waals surface area contributed by atoms with Crippen molar-refractivity contribution in [1.29, 1.82) is 0 Å². The second-order valence-corrected chi connectivity index (χ2v) is 7.12. The second-order valence-electron chi connectivity index (χ2n) is 5.35. The van der Waals surface area contributed by atoms with E-state index in [0.717, 1.165) is 12.1 Å². The number of amides is 1. The molecule has 26 heavy (non-hydrogen) atoms. The van der Waals surface area contributed by atoms with Crippen molar-refractivity contribution in [2.45, 2.75) is 11.8 Å². The maximum Gasteiger partial charge on any atom is 0.241 e. The zero-order valence-corrected chi connectivity index (χ0v) is 15.3. The molecule has 2 aromatic rings. The van der Waals surface area contributed by atoms with Crippen LogP contribution in [0.4, 0.5) is 10.1 Å². The minimum Gasteiger partial charge on any atom is -0.497 e. The van der Waals surface area contributed by atoms with Crippen LogP contribution < -0.4 is 19.5 Å². The number of hydrogen-bond donors (Lipinski definition) is 2. The van der Waals surface area contributed by atoms with Gasteiger partial charge in [0.2, 0.25) is 15.9 Å². The Morgan fingerprint density at radius 3 is 2.46 bits per heavy atom. The number of methoxy groups -OCH3 is 2. The van der Waals surface area contributed by atoms with Crippen LogP contribution in [0, 0.1) is 12.7 Å². The van der Waals surface area contributed by atoms with Gasteiger partial charge in [-0.3, -0.25) is 4.79 Å². The molecule has 0 aliphatic carbocycles. The van der Waals surface area contributed by atoms with Gasteiger partial charge in [0.05, 0.1) is 31.3 Å². The van der Waals surface area contributed by atoms with E-state index in [2.05, 4.69) is 10.0 Å². The highest BCUT2D eigenvalue weighted by atomic mass is 32.2. The van der Waals surface area contributed by atoms with Gasteiger partial charge in [0.15, 0.2) is 0 Å². The van der Waals surface area contributed by atoms with Crippen LogP contribution in [0.1, 0.15) is 5.56 Å². The summed E-state index contributed by atoms with van der Waals surface area (Å²) < 4.78 is 50.1. The van der Waals surface area contributed by atoms with Gasteiger partial charge in [-0.05, 0) is 42.8 Å². The minimum atomic E-state index is -3.94. The monoisotopic (exact) mass is 382 g/mol. The van der Waals surface area contributed by atoms with Gasteiger partial charge in [-0.1, -0.05) is 0 Å². The van der Waals surface area contributed by atoms with E-state index < -0.39 is 28.3 Å². The number of rotatable bonds is 7. The fourth-order valence-electron chi connectivity index (χ4n) is 2.12. The fraction of sp³-hybridized carbons (Fsp3) is 0.235. The molecule has 0 unspecified atom stereocenters. The Labute approximate surface area is 151 Å². The summed E-state index contributed by atoms with van der Waals surface area (Å²) >= 11 is 0. The maximum absolute atomic E-state index is 13.3. The largest absolute Gasteiger partial charge is 0.497 e. The molecule has 2 aromatic carbocycles. The van der Waals surface area contributed by atoms with E-state index in [9.17, 15) is 17.6 Å². The zero-order valence-electron chi connectivity index (χ0n) is 14.5. The highest BCUT2D eigenvalue weighted by Gasteiger charge is 2.17. The molecule has 7 nitrogen and oxygen atoms in total. The van der Waals surface area contributed by atoms with Gasteiger partial charge in [0.1, 0.15) is 17.3 Å². The summed E-state index contributed by atoms with van der Waals surface area (Å²) in [4.78, 5) is 11.9. The van der Waals surface area contributed by atoms with Crippen molar-refractivity contribution >= 4 is 21.6 Å². The summed E-state index contributed by atoms with van der Waals surface area (Å²) in [7, 11) is -1.01. The summed E-state index contributed by atoms with van der Waals surface area (Å²) in [6, 6.07) is 8.18. The first-order valence-corrected chi connectivity index (χ1v) is 9.03. The van der Waals surface area contributed by atoms with Gasteiger partial charge in [0.25, 0.3) is 0 Å². The van der Waals surface area contributed by atoms with Gasteiger partial charge < -0.3 is 14.8 Å². The quantitative estimate of drug-likeness (QED) is 0.765. The molecule has 0 aliphatic rings. The van der Waals surface area contributed by atoms with Gasteiger partial charge >= 0.3 is 0 Å². The molecule has 0 saturated heterocycles. The molecule has 0 bridgehead atoms. The summed E-state index contributed by atoms with van der Waals surface area (Å²) in [5.41, 5.74) is 0.565. The number of carbonyl (C=O) groups excluding carboxylic acids is 1. The summed E-state index contributed by atoms with van der Waals surface area (Å²) in [6.45, 7) is 0.963. The minimum absolute atomic E-state index is 0.119. The molecule has 2 rings (SSSR count).